The number of carbonyl (C=O) groups excluding carboxylic acids is 1. The molecule has 1 heterocycles. The number of ether oxygens (including phenoxy) is 1. The van der Waals surface area contributed by atoms with Crippen molar-refractivity contribution in [2.24, 2.45) is 0 Å². The van der Waals surface area contributed by atoms with Crippen molar-refractivity contribution in [3.8, 4) is 11.4 Å². The van der Waals surface area contributed by atoms with Gasteiger partial charge in [-0.1, -0.05) is 54.2 Å². The third-order valence-corrected chi connectivity index (χ3v) is 5.23. The van der Waals surface area contributed by atoms with E-state index in [-0.39, 0.29) is 17.2 Å². The summed E-state index contributed by atoms with van der Waals surface area (Å²) in [6.45, 7) is 3.83. The van der Waals surface area contributed by atoms with Gasteiger partial charge in [0.05, 0.1) is 24.1 Å². The average molecular weight is 382 g/mol. The van der Waals surface area contributed by atoms with Crippen LogP contribution in [0.15, 0.2) is 66.1 Å². The summed E-state index contributed by atoms with van der Waals surface area (Å²) >= 11 is 1.36. The Bertz CT molecular complexity index is 898. The van der Waals surface area contributed by atoms with Gasteiger partial charge in [0, 0.05) is 0 Å². The molecule has 2 atom stereocenters. The second kappa shape index (κ2) is 8.73. The molecule has 0 bridgehead atoms. The summed E-state index contributed by atoms with van der Waals surface area (Å²) in [6, 6.07) is 17.5. The standard InChI is InChI=1S/C20H22N4O2S/c1-14(16-9-5-4-6-10-16)22-19(25)15(2)27-20-23-21-13-24(20)17-11-7-8-12-18(17)26-3/h4-15H,1-3H3,(H,22,25). The number of carbonyl (C=O) groups is 1. The third kappa shape index (κ3) is 4.49. The van der Waals surface area contributed by atoms with Crippen LogP contribution in [-0.4, -0.2) is 33.0 Å². The SMILES string of the molecule is COc1ccccc1-n1cnnc1SC(C)C(=O)NC(C)c1ccccc1. The summed E-state index contributed by atoms with van der Waals surface area (Å²) in [5.74, 6) is 0.667. The van der Waals surface area contributed by atoms with Gasteiger partial charge in [-0.15, -0.1) is 10.2 Å². The van der Waals surface area contributed by atoms with Crippen LogP contribution in [0.25, 0.3) is 5.69 Å². The Balaban J connectivity index is 1.71. The maximum Gasteiger partial charge on any atom is 0.233 e. The number of para-hydroxylation sites is 2. The van der Waals surface area contributed by atoms with Gasteiger partial charge in [0.1, 0.15) is 12.1 Å². The molecule has 0 radical (unpaired) electrons. The summed E-state index contributed by atoms with van der Waals surface area (Å²) < 4.78 is 7.24. The van der Waals surface area contributed by atoms with Crippen molar-refractivity contribution in [2.45, 2.75) is 30.3 Å². The summed E-state index contributed by atoms with van der Waals surface area (Å²) in [5.41, 5.74) is 1.90. The van der Waals surface area contributed by atoms with E-state index in [4.69, 9.17) is 4.74 Å². The maximum absolute atomic E-state index is 12.6. The number of nitrogens with zero attached hydrogens (tertiary/aromatic N) is 3. The van der Waals surface area contributed by atoms with Crippen LogP contribution < -0.4 is 10.1 Å². The number of thioether (sulfide) groups is 1. The molecule has 3 rings (SSSR count). The Morgan fingerprint density at radius 2 is 1.81 bits per heavy atom. The maximum atomic E-state index is 12.6. The highest BCUT2D eigenvalue weighted by Gasteiger charge is 2.21. The molecular formula is C20H22N4O2S. The van der Waals surface area contributed by atoms with Gasteiger partial charge in [0.25, 0.3) is 0 Å². The zero-order valence-corrected chi connectivity index (χ0v) is 16.3. The van der Waals surface area contributed by atoms with Gasteiger partial charge in [0.15, 0.2) is 5.16 Å². The number of nitrogens with one attached hydrogen (secondary N) is 1. The molecule has 0 aliphatic rings. The Kier molecular flexibility index (Phi) is 6.13. The second-order valence-electron chi connectivity index (χ2n) is 6.06. The van der Waals surface area contributed by atoms with E-state index >= 15 is 0 Å². The number of hydrogen-bond donors (Lipinski definition) is 1. The third-order valence-electron chi connectivity index (χ3n) is 4.17. The molecule has 0 aliphatic heterocycles. The van der Waals surface area contributed by atoms with Crippen molar-refractivity contribution < 1.29 is 9.53 Å². The van der Waals surface area contributed by atoms with Crippen LogP contribution in [0.5, 0.6) is 5.75 Å². The number of methoxy groups -OCH3 is 1. The fraction of sp³-hybridized carbons (Fsp3) is 0.250. The summed E-state index contributed by atoms with van der Waals surface area (Å²) in [6.07, 6.45) is 1.62. The lowest BCUT2D eigenvalue weighted by Gasteiger charge is -2.18. The minimum absolute atomic E-state index is 0.0501. The number of amides is 1. The highest BCUT2D eigenvalue weighted by Crippen LogP contribution is 2.29. The Morgan fingerprint density at radius 1 is 1.11 bits per heavy atom. The molecule has 1 N–H and O–H groups in total. The fourth-order valence-electron chi connectivity index (χ4n) is 2.67. The Hall–Kier alpha value is -2.80. The van der Waals surface area contributed by atoms with Crippen LogP contribution in [0, 0.1) is 0 Å². The second-order valence-corrected chi connectivity index (χ2v) is 7.36. The minimum Gasteiger partial charge on any atom is -0.495 e. The van der Waals surface area contributed by atoms with Crippen molar-refractivity contribution in [3.63, 3.8) is 0 Å². The van der Waals surface area contributed by atoms with Crippen LogP contribution in [0.3, 0.4) is 0 Å². The molecule has 1 aromatic heterocycles. The largest absolute Gasteiger partial charge is 0.495 e. The van der Waals surface area contributed by atoms with Gasteiger partial charge >= 0.3 is 0 Å². The summed E-state index contributed by atoms with van der Waals surface area (Å²) in [4.78, 5) is 12.6. The molecule has 0 saturated carbocycles. The van der Waals surface area contributed by atoms with Gasteiger partial charge in [-0.2, -0.15) is 0 Å². The molecule has 140 valence electrons. The van der Waals surface area contributed by atoms with E-state index in [1.165, 1.54) is 11.8 Å². The van der Waals surface area contributed by atoms with Gasteiger partial charge in [-0.05, 0) is 31.5 Å². The summed E-state index contributed by atoms with van der Waals surface area (Å²) in [5, 5.41) is 11.5. The van der Waals surface area contributed by atoms with Crippen molar-refractivity contribution in [1.82, 2.24) is 20.1 Å². The molecule has 1 amide bonds. The van der Waals surface area contributed by atoms with E-state index in [2.05, 4.69) is 15.5 Å². The van der Waals surface area contributed by atoms with Crippen LogP contribution in [0.4, 0.5) is 0 Å². The normalized spacial score (nSPS) is 13.0. The van der Waals surface area contributed by atoms with Crippen molar-refractivity contribution >= 4 is 17.7 Å². The number of benzene rings is 2. The van der Waals surface area contributed by atoms with Crippen molar-refractivity contribution in [1.29, 1.82) is 0 Å². The molecule has 2 unspecified atom stereocenters. The Morgan fingerprint density at radius 3 is 2.56 bits per heavy atom. The summed E-state index contributed by atoms with van der Waals surface area (Å²) in [7, 11) is 1.62. The molecule has 27 heavy (non-hydrogen) atoms. The van der Waals surface area contributed by atoms with E-state index in [1.54, 1.807) is 13.4 Å². The van der Waals surface area contributed by atoms with E-state index in [1.807, 2.05) is 73.0 Å². The molecule has 7 heteroatoms. The molecule has 0 aliphatic carbocycles. The number of rotatable bonds is 7. The Labute approximate surface area is 163 Å². The lowest BCUT2D eigenvalue weighted by Crippen LogP contribution is -2.33. The highest BCUT2D eigenvalue weighted by molar-refractivity contribution is 8.00. The van der Waals surface area contributed by atoms with Crippen LogP contribution in [-0.2, 0) is 4.79 Å². The number of aromatic nitrogens is 3. The van der Waals surface area contributed by atoms with Gasteiger partial charge in [-0.3, -0.25) is 9.36 Å². The molecule has 0 saturated heterocycles. The quantitative estimate of drug-likeness (QED) is 0.632. The topological polar surface area (TPSA) is 69.0 Å². The molecule has 6 nitrogen and oxygen atoms in total. The van der Waals surface area contributed by atoms with Gasteiger partial charge in [0.2, 0.25) is 5.91 Å². The first-order valence-electron chi connectivity index (χ1n) is 8.65. The molecule has 2 aromatic carbocycles. The molecular weight excluding hydrogens is 360 g/mol. The van der Waals surface area contributed by atoms with Crippen LogP contribution in [0.1, 0.15) is 25.5 Å². The first-order chi connectivity index (χ1) is 13.1. The smallest absolute Gasteiger partial charge is 0.233 e. The van der Waals surface area contributed by atoms with E-state index < -0.39 is 0 Å². The first kappa shape index (κ1) is 19.0. The zero-order valence-electron chi connectivity index (χ0n) is 15.5. The molecule has 0 spiro atoms. The predicted molar refractivity (Wildman–Crippen MR) is 106 cm³/mol. The fourth-order valence-corrected chi connectivity index (χ4v) is 3.51. The highest BCUT2D eigenvalue weighted by atomic mass is 32.2. The lowest BCUT2D eigenvalue weighted by molar-refractivity contribution is -0.120. The van der Waals surface area contributed by atoms with Gasteiger partial charge < -0.3 is 10.1 Å². The van der Waals surface area contributed by atoms with Crippen LogP contribution >= 0.6 is 11.8 Å². The zero-order chi connectivity index (χ0) is 19.2. The van der Waals surface area contributed by atoms with Gasteiger partial charge in [-0.25, -0.2) is 0 Å². The monoisotopic (exact) mass is 382 g/mol. The van der Waals surface area contributed by atoms with Crippen LogP contribution in [0.2, 0.25) is 0 Å². The molecule has 0 fully saturated rings. The predicted octanol–water partition coefficient (Wildman–Crippen LogP) is 3.63. The first-order valence-corrected chi connectivity index (χ1v) is 9.53. The van der Waals surface area contributed by atoms with Crippen molar-refractivity contribution in [2.75, 3.05) is 7.11 Å². The average Bonchev–Trinajstić information content (AvgIpc) is 3.16. The number of hydrogen-bond acceptors (Lipinski definition) is 5. The van der Waals surface area contributed by atoms with E-state index in [0.717, 1.165) is 11.3 Å². The van der Waals surface area contributed by atoms with E-state index in [9.17, 15) is 4.79 Å². The van der Waals surface area contributed by atoms with Crippen molar-refractivity contribution in [3.05, 3.63) is 66.5 Å². The van der Waals surface area contributed by atoms with E-state index in [0.29, 0.717) is 10.9 Å². The lowest BCUT2D eigenvalue weighted by atomic mass is 10.1. The molecule has 3 aromatic rings. The minimum atomic E-state index is -0.325.